The van der Waals surface area contributed by atoms with Gasteiger partial charge in [-0.3, -0.25) is 4.79 Å². The molecule has 1 N–H and O–H groups in total. The molecule has 2 aromatic heterocycles. The van der Waals surface area contributed by atoms with Gasteiger partial charge in [0.2, 0.25) is 5.91 Å². The van der Waals surface area contributed by atoms with Gasteiger partial charge in [-0.25, -0.2) is 4.98 Å². The number of morpholine rings is 1. The van der Waals surface area contributed by atoms with Crippen LogP contribution in [0.3, 0.4) is 0 Å². The van der Waals surface area contributed by atoms with E-state index in [0.29, 0.717) is 18.9 Å². The number of rotatable bonds is 5. The number of carbonyl (C=O) groups excluding carboxylic acids is 1. The van der Waals surface area contributed by atoms with Crippen molar-refractivity contribution in [3.8, 4) is 11.3 Å². The van der Waals surface area contributed by atoms with Crippen molar-refractivity contribution in [3.63, 3.8) is 0 Å². The first-order valence-corrected chi connectivity index (χ1v) is 10.2. The van der Waals surface area contributed by atoms with Gasteiger partial charge in [0.05, 0.1) is 36.3 Å². The molecule has 3 heterocycles. The summed E-state index contributed by atoms with van der Waals surface area (Å²) in [5.41, 5.74) is 4.17. The molecule has 1 saturated heterocycles. The third kappa shape index (κ3) is 4.24. The van der Waals surface area contributed by atoms with Gasteiger partial charge < -0.3 is 19.5 Å². The molecule has 1 aliphatic rings. The third-order valence-electron chi connectivity index (χ3n) is 5.27. The lowest BCUT2D eigenvalue weighted by Crippen LogP contribution is -2.36. The van der Waals surface area contributed by atoms with Crippen LogP contribution in [-0.4, -0.2) is 52.0 Å². The van der Waals surface area contributed by atoms with Crippen molar-refractivity contribution in [1.82, 2.24) is 19.7 Å². The van der Waals surface area contributed by atoms with Crippen molar-refractivity contribution < 1.29 is 9.53 Å². The molecule has 1 fully saturated rings. The van der Waals surface area contributed by atoms with E-state index in [1.807, 2.05) is 65.2 Å². The summed E-state index contributed by atoms with van der Waals surface area (Å²) in [5.74, 6) is 0.734. The largest absolute Gasteiger partial charge is 0.378 e. The van der Waals surface area contributed by atoms with Crippen molar-refractivity contribution in [2.75, 3.05) is 36.5 Å². The summed E-state index contributed by atoms with van der Waals surface area (Å²) in [4.78, 5) is 19.1. The first kappa shape index (κ1) is 19.2. The van der Waals surface area contributed by atoms with Gasteiger partial charge in [0.25, 0.3) is 0 Å². The van der Waals surface area contributed by atoms with E-state index < -0.39 is 0 Å². The van der Waals surface area contributed by atoms with Gasteiger partial charge in [-0.2, -0.15) is 0 Å². The van der Waals surface area contributed by atoms with Crippen LogP contribution in [0.4, 0.5) is 11.5 Å². The standard InChI is InChI=1S/C23H22N6O2/c30-23(15-29-16-24-20-6-1-2-7-21(20)29)25-18-5-3-4-17(14-18)19-8-9-22(27-26-19)28-10-12-31-13-11-28/h1-9,14,16H,10-13,15H2,(H,25,30). The van der Waals surface area contributed by atoms with E-state index in [9.17, 15) is 4.79 Å². The second-order valence-corrected chi connectivity index (χ2v) is 7.37. The van der Waals surface area contributed by atoms with Crippen LogP contribution in [0.5, 0.6) is 0 Å². The fraction of sp³-hybridized carbons (Fsp3) is 0.217. The van der Waals surface area contributed by atoms with Crippen LogP contribution in [0.15, 0.2) is 67.0 Å². The topological polar surface area (TPSA) is 85.2 Å². The van der Waals surface area contributed by atoms with Crippen LogP contribution in [0.25, 0.3) is 22.3 Å². The summed E-state index contributed by atoms with van der Waals surface area (Å²) in [7, 11) is 0. The van der Waals surface area contributed by atoms with Crippen molar-refractivity contribution in [1.29, 1.82) is 0 Å². The molecule has 156 valence electrons. The van der Waals surface area contributed by atoms with E-state index in [1.165, 1.54) is 0 Å². The zero-order valence-electron chi connectivity index (χ0n) is 16.9. The van der Waals surface area contributed by atoms with Crippen LogP contribution >= 0.6 is 0 Å². The van der Waals surface area contributed by atoms with Crippen molar-refractivity contribution in [2.24, 2.45) is 0 Å². The molecule has 2 aromatic carbocycles. The van der Waals surface area contributed by atoms with Crippen LogP contribution in [-0.2, 0) is 16.1 Å². The zero-order chi connectivity index (χ0) is 21.0. The molecule has 8 heteroatoms. The molecular formula is C23H22N6O2. The monoisotopic (exact) mass is 414 g/mol. The average molecular weight is 414 g/mol. The molecule has 0 bridgehead atoms. The van der Waals surface area contributed by atoms with Crippen LogP contribution in [0.1, 0.15) is 0 Å². The molecular weight excluding hydrogens is 392 g/mol. The van der Waals surface area contributed by atoms with Crippen molar-refractivity contribution in [2.45, 2.75) is 6.54 Å². The van der Waals surface area contributed by atoms with Gasteiger partial charge >= 0.3 is 0 Å². The highest BCUT2D eigenvalue weighted by molar-refractivity contribution is 5.92. The summed E-state index contributed by atoms with van der Waals surface area (Å²) in [6.07, 6.45) is 1.69. The second kappa shape index (κ2) is 8.53. The normalized spacial score (nSPS) is 14.0. The number of amides is 1. The average Bonchev–Trinajstić information content (AvgIpc) is 3.23. The predicted octanol–water partition coefficient (Wildman–Crippen LogP) is 2.97. The fourth-order valence-electron chi connectivity index (χ4n) is 3.69. The number of nitrogens with one attached hydrogen (secondary N) is 1. The highest BCUT2D eigenvalue weighted by atomic mass is 16.5. The number of aromatic nitrogens is 4. The molecule has 0 spiro atoms. The number of anilines is 2. The lowest BCUT2D eigenvalue weighted by molar-refractivity contribution is -0.116. The predicted molar refractivity (Wildman–Crippen MR) is 119 cm³/mol. The summed E-state index contributed by atoms with van der Waals surface area (Å²) in [5, 5.41) is 11.7. The number of benzene rings is 2. The Morgan fingerprint density at radius 2 is 1.87 bits per heavy atom. The van der Waals surface area contributed by atoms with Gasteiger partial charge in [0.1, 0.15) is 6.54 Å². The zero-order valence-corrected chi connectivity index (χ0v) is 16.9. The van der Waals surface area contributed by atoms with Crippen LogP contribution in [0, 0.1) is 0 Å². The van der Waals surface area contributed by atoms with E-state index in [-0.39, 0.29) is 12.5 Å². The molecule has 5 rings (SSSR count). The molecule has 0 radical (unpaired) electrons. The second-order valence-electron chi connectivity index (χ2n) is 7.37. The van der Waals surface area contributed by atoms with Crippen molar-refractivity contribution in [3.05, 3.63) is 67.0 Å². The molecule has 8 nitrogen and oxygen atoms in total. The highest BCUT2D eigenvalue weighted by Gasteiger charge is 2.13. The van der Waals surface area contributed by atoms with Gasteiger partial charge in [-0.15, -0.1) is 10.2 Å². The molecule has 4 aromatic rings. The summed E-state index contributed by atoms with van der Waals surface area (Å²) in [6, 6.07) is 19.3. The minimum atomic E-state index is -0.117. The Balaban J connectivity index is 1.28. The molecule has 1 amide bonds. The number of nitrogens with zero attached hydrogens (tertiary/aromatic N) is 5. The fourth-order valence-corrected chi connectivity index (χ4v) is 3.69. The minimum Gasteiger partial charge on any atom is -0.378 e. The molecule has 1 aliphatic heterocycles. The first-order valence-electron chi connectivity index (χ1n) is 10.2. The summed E-state index contributed by atoms with van der Waals surface area (Å²) in [6.45, 7) is 3.25. The van der Waals surface area contributed by atoms with Crippen molar-refractivity contribution >= 4 is 28.4 Å². The Labute approximate surface area is 179 Å². The number of carbonyl (C=O) groups is 1. The molecule has 0 aliphatic carbocycles. The van der Waals surface area contributed by atoms with Crippen LogP contribution < -0.4 is 10.2 Å². The molecule has 0 unspecified atom stereocenters. The van der Waals surface area contributed by atoms with Gasteiger partial charge in [0.15, 0.2) is 5.82 Å². The smallest absolute Gasteiger partial charge is 0.244 e. The SMILES string of the molecule is O=C(Cn1cnc2ccccc21)Nc1cccc(-c2ccc(N3CCOCC3)nn2)c1. The Morgan fingerprint density at radius 1 is 1.00 bits per heavy atom. The Hall–Kier alpha value is -3.78. The lowest BCUT2D eigenvalue weighted by Gasteiger charge is -2.27. The van der Waals surface area contributed by atoms with Gasteiger partial charge in [-0.1, -0.05) is 24.3 Å². The van der Waals surface area contributed by atoms with E-state index in [0.717, 1.165) is 41.2 Å². The van der Waals surface area contributed by atoms with Gasteiger partial charge in [-0.05, 0) is 36.4 Å². The molecule has 31 heavy (non-hydrogen) atoms. The number of fused-ring (bicyclic) bond motifs is 1. The maximum atomic E-state index is 12.6. The molecule has 0 saturated carbocycles. The number of ether oxygens (including phenoxy) is 1. The number of hydrogen-bond acceptors (Lipinski definition) is 6. The maximum absolute atomic E-state index is 12.6. The maximum Gasteiger partial charge on any atom is 0.244 e. The lowest BCUT2D eigenvalue weighted by atomic mass is 10.1. The quantitative estimate of drug-likeness (QED) is 0.540. The third-order valence-corrected chi connectivity index (χ3v) is 5.27. The Bertz CT molecular complexity index is 1200. The minimum absolute atomic E-state index is 0.117. The number of imidazole rings is 1. The molecule has 0 atom stereocenters. The number of hydrogen-bond donors (Lipinski definition) is 1. The van der Waals surface area contributed by atoms with E-state index >= 15 is 0 Å². The van der Waals surface area contributed by atoms with E-state index in [2.05, 4.69) is 25.4 Å². The Morgan fingerprint density at radius 3 is 2.71 bits per heavy atom. The summed E-state index contributed by atoms with van der Waals surface area (Å²) >= 11 is 0. The van der Waals surface area contributed by atoms with E-state index in [4.69, 9.17) is 4.74 Å². The van der Waals surface area contributed by atoms with Gasteiger partial charge in [0, 0.05) is 24.3 Å². The summed E-state index contributed by atoms with van der Waals surface area (Å²) < 4.78 is 7.22. The van der Waals surface area contributed by atoms with E-state index in [1.54, 1.807) is 6.33 Å². The van der Waals surface area contributed by atoms with Crippen LogP contribution in [0.2, 0.25) is 0 Å². The first-order chi connectivity index (χ1) is 15.3. The highest BCUT2D eigenvalue weighted by Crippen LogP contribution is 2.22. The Kier molecular flexibility index (Phi) is 5.28. The number of para-hydroxylation sites is 2.